The molecule has 0 atom stereocenters. The van der Waals surface area contributed by atoms with Gasteiger partial charge in [0.1, 0.15) is 5.52 Å². The molecule has 21 heavy (non-hydrogen) atoms. The van der Waals surface area contributed by atoms with Crippen LogP contribution in [-0.2, 0) is 0 Å². The van der Waals surface area contributed by atoms with Gasteiger partial charge in [-0.1, -0.05) is 0 Å². The summed E-state index contributed by atoms with van der Waals surface area (Å²) in [7, 11) is 3.61. The van der Waals surface area contributed by atoms with E-state index in [1.165, 1.54) is 12.3 Å². The van der Waals surface area contributed by atoms with Gasteiger partial charge in [-0.15, -0.1) is 13.2 Å². The largest absolute Gasteiger partial charge is 0.573 e. The van der Waals surface area contributed by atoms with Gasteiger partial charge in [0.15, 0.2) is 5.75 Å². The van der Waals surface area contributed by atoms with Gasteiger partial charge in [-0.25, -0.2) is 4.99 Å². The molecule has 0 spiro atoms. The van der Waals surface area contributed by atoms with Crippen LogP contribution in [0.2, 0.25) is 0 Å². The highest BCUT2D eigenvalue weighted by Gasteiger charge is 2.32. The molecule has 0 radical (unpaired) electrons. The Morgan fingerprint density at radius 3 is 2.71 bits per heavy atom. The molecule has 0 fully saturated rings. The molecule has 4 nitrogen and oxygen atoms in total. The minimum absolute atomic E-state index is 0.126. The number of pyridine rings is 1. The van der Waals surface area contributed by atoms with E-state index in [-0.39, 0.29) is 11.3 Å². The van der Waals surface area contributed by atoms with Crippen molar-refractivity contribution in [3.05, 3.63) is 28.0 Å². The molecule has 2 aromatic rings. The second-order valence-corrected chi connectivity index (χ2v) is 5.52. The quantitative estimate of drug-likeness (QED) is 0.438. The lowest BCUT2D eigenvalue weighted by molar-refractivity contribution is -0.274. The van der Waals surface area contributed by atoms with Crippen LogP contribution in [0.1, 0.15) is 0 Å². The first-order valence-electron chi connectivity index (χ1n) is 5.81. The molecule has 0 aliphatic carbocycles. The molecule has 0 bridgehead atoms. The zero-order valence-corrected chi connectivity index (χ0v) is 13.3. The third-order valence-corrected chi connectivity index (χ3v) is 3.25. The summed E-state index contributed by atoms with van der Waals surface area (Å²) in [5, 5.41) is 0.502. The van der Waals surface area contributed by atoms with Crippen molar-refractivity contribution in [3.63, 3.8) is 0 Å². The lowest BCUT2D eigenvalue weighted by atomic mass is 10.1. The summed E-state index contributed by atoms with van der Waals surface area (Å²) in [4.78, 5) is 10.0. The van der Waals surface area contributed by atoms with Crippen LogP contribution in [0, 0.1) is 3.57 Å². The Bertz CT molecular complexity index is 686. The fourth-order valence-corrected chi connectivity index (χ4v) is 2.39. The molecule has 0 aliphatic rings. The average Bonchev–Trinajstić information content (AvgIpc) is 2.36. The van der Waals surface area contributed by atoms with Crippen LogP contribution >= 0.6 is 22.6 Å². The summed E-state index contributed by atoms with van der Waals surface area (Å²) in [5.74, 6) is -0.327. The molecule has 1 aromatic carbocycles. The van der Waals surface area contributed by atoms with Gasteiger partial charge in [0, 0.05) is 29.2 Å². The molecule has 1 heterocycles. The van der Waals surface area contributed by atoms with Crippen molar-refractivity contribution in [1.82, 2.24) is 9.88 Å². The predicted molar refractivity (Wildman–Crippen MR) is 83.0 cm³/mol. The van der Waals surface area contributed by atoms with Crippen molar-refractivity contribution in [3.8, 4) is 5.75 Å². The van der Waals surface area contributed by atoms with E-state index >= 15 is 0 Å². The normalized spacial score (nSPS) is 12.1. The van der Waals surface area contributed by atoms with Gasteiger partial charge in [-0.05, 0) is 40.8 Å². The lowest BCUT2D eigenvalue weighted by Crippen LogP contribution is -2.17. The van der Waals surface area contributed by atoms with Crippen LogP contribution in [0.4, 0.5) is 18.9 Å². The maximum atomic E-state index is 12.5. The zero-order chi connectivity index (χ0) is 15.6. The number of aromatic nitrogens is 1. The van der Waals surface area contributed by atoms with Gasteiger partial charge in [0.25, 0.3) is 0 Å². The first kappa shape index (κ1) is 15.8. The highest BCUT2D eigenvalue weighted by Crippen LogP contribution is 2.38. The number of nitrogens with zero attached hydrogens (tertiary/aromatic N) is 3. The number of benzene rings is 1. The third kappa shape index (κ3) is 3.96. The van der Waals surface area contributed by atoms with E-state index in [1.54, 1.807) is 37.5 Å². The van der Waals surface area contributed by atoms with Gasteiger partial charge in [0.05, 0.1) is 12.0 Å². The maximum absolute atomic E-state index is 12.5. The molecule has 0 aliphatic heterocycles. The minimum Gasteiger partial charge on any atom is -0.403 e. The Balaban J connectivity index is 2.63. The predicted octanol–water partition coefficient (Wildman–Crippen LogP) is 3.96. The Morgan fingerprint density at radius 2 is 2.10 bits per heavy atom. The number of ether oxygens (including phenoxy) is 1. The smallest absolute Gasteiger partial charge is 0.403 e. The highest BCUT2D eigenvalue weighted by molar-refractivity contribution is 14.1. The number of hydrogen-bond donors (Lipinski definition) is 0. The summed E-state index contributed by atoms with van der Waals surface area (Å²) >= 11 is 1.92. The van der Waals surface area contributed by atoms with Crippen molar-refractivity contribution in [2.45, 2.75) is 6.36 Å². The van der Waals surface area contributed by atoms with Crippen LogP contribution in [0.15, 0.2) is 29.4 Å². The van der Waals surface area contributed by atoms with Gasteiger partial charge in [0.2, 0.25) is 0 Å². The third-order valence-electron chi connectivity index (χ3n) is 2.42. The van der Waals surface area contributed by atoms with E-state index < -0.39 is 6.36 Å². The van der Waals surface area contributed by atoms with Gasteiger partial charge < -0.3 is 9.64 Å². The molecule has 0 amide bonds. The maximum Gasteiger partial charge on any atom is 0.573 e. The summed E-state index contributed by atoms with van der Waals surface area (Å²) in [6.45, 7) is 0. The van der Waals surface area contributed by atoms with Crippen LogP contribution in [0.5, 0.6) is 5.75 Å². The zero-order valence-electron chi connectivity index (χ0n) is 11.1. The number of fused-ring (bicyclic) bond motifs is 1. The number of rotatable bonds is 3. The highest BCUT2D eigenvalue weighted by atomic mass is 127. The van der Waals surface area contributed by atoms with E-state index in [2.05, 4.69) is 14.7 Å². The van der Waals surface area contributed by atoms with Crippen molar-refractivity contribution in [1.29, 1.82) is 0 Å². The standard InChI is InChI=1S/C13H11F3IN3O/c1-20(2)7-19-11-8-4-3-5-18-12(8)10(6-9(11)17)21-13(14,15)16/h3-7H,1-2H3. The Labute approximate surface area is 132 Å². The fraction of sp³-hybridized carbons (Fsp3) is 0.231. The van der Waals surface area contributed by atoms with Crippen molar-refractivity contribution >= 4 is 45.5 Å². The van der Waals surface area contributed by atoms with Gasteiger partial charge in [-0.3, -0.25) is 4.98 Å². The Hall–Kier alpha value is -1.58. The number of hydrogen-bond acceptors (Lipinski definition) is 3. The first-order chi connectivity index (χ1) is 9.78. The molecule has 2 rings (SSSR count). The SMILES string of the molecule is CN(C)C=Nc1c(I)cc(OC(F)(F)F)c2ncccc12. The second-order valence-electron chi connectivity index (χ2n) is 4.36. The lowest BCUT2D eigenvalue weighted by Gasteiger charge is -2.13. The van der Waals surface area contributed by atoms with E-state index in [1.807, 2.05) is 22.6 Å². The monoisotopic (exact) mass is 409 g/mol. The van der Waals surface area contributed by atoms with Crippen LogP contribution < -0.4 is 4.74 Å². The van der Waals surface area contributed by atoms with Crippen LogP contribution in [0.25, 0.3) is 10.9 Å². The number of alkyl halides is 3. The molecule has 0 N–H and O–H groups in total. The topological polar surface area (TPSA) is 37.7 Å². The molecule has 8 heteroatoms. The molecule has 0 saturated heterocycles. The van der Waals surface area contributed by atoms with Crippen molar-refractivity contribution in [2.24, 2.45) is 4.99 Å². The van der Waals surface area contributed by atoms with E-state index in [0.717, 1.165) is 0 Å². The Kier molecular flexibility index (Phi) is 4.55. The van der Waals surface area contributed by atoms with Crippen molar-refractivity contribution < 1.29 is 17.9 Å². The molecular formula is C13H11F3IN3O. The van der Waals surface area contributed by atoms with E-state index in [0.29, 0.717) is 14.6 Å². The molecule has 1 aromatic heterocycles. The summed E-state index contributed by atoms with van der Waals surface area (Å²) < 4.78 is 42.0. The molecule has 0 unspecified atom stereocenters. The summed E-state index contributed by atoms with van der Waals surface area (Å²) in [5.41, 5.74) is 0.683. The van der Waals surface area contributed by atoms with E-state index in [4.69, 9.17) is 0 Å². The average molecular weight is 409 g/mol. The summed E-state index contributed by atoms with van der Waals surface area (Å²) in [6, 6.07) is 4.59. The van der Waals surface area contributed by atoms with Gasteiger partial charge in [-0.2, -0.15) is 0 Å². The van der Waals surface area contributed by atoms with E-state index in [9.17, 15) is 13.2 Å². The van der Waals surface area contributed by atoms with Crippen LogP contribution in [-0.4, -0.2) is 36.7 Å². The Morgan fingerprint density at radius 1 is 1.38 bits per heavy atom. The molecule has 0 saturated carbocycles. The molecule has 112 valence electrons. The molecular weight excluding hydrogens is 398 g/mol. The number of aliphatic imine (C=N–C) groups is 1. The minimum atomic E-state index is -4.76. The van der Waals surface area contributed by atoms with Gasteiger partial charge >= 0.3 is 6.36 Å². The first-order valence-corrected chi connectivity index (χ1v) is 6.89. The second kappa shape index (κ2) is 6.04. The van der Waals surface area contributed by atoms with Crippen LogP contribution in [0.3, 0.4) is 0 Å². The summed E-state index contributed by atoms with van der Waals surface area (Å²) in [6.07, 6.45) is -1.77. The fourth-order valence-electron chi connectivity index (χ4n) is 1.68. The van der Waals surface area contributed by atoms with Crippen molar-refractivity contribution in [2.75, 3.05) is 14.1 Å². The number of halogens is 4.